The van der Waals surface area contributed by atoms with Crippen molar-refractivity contribution in [3.63, 3.8) is 0 Å². The van der Waals surface area contributed by atoms with Crippen molar-refractivity contribution in [3.05, 3.63) is 82.0 Å². The summed E-state index contributed by atoms with van der Waals surface area (Å²) in [5.74, 6) is 0.511. The van der Waals surface area contributed by atoms with Crippen LogP contribution < -0.4 is 15.2 Å². The Balaban J connectivity index is 1.43. The molecule has 3 aromatic rings. The minimum Gasteiger partial charge on any atom is -0.487 e. The minimum atomic E-state index is -0.141. The second-order valence-electron chi connectivity index (χ2n) is 7.70. The number of anilines is 1. The lowest BCUT2D eigenvalue weighted by Gasteiger charge is -2.22. The molecule has 0 amide bonds. The number of hydrogen-bond donors (Lipinski definition) is 0. The maximum atomic E-state index is 12.6. The van der Waals surface area contributed by atoms with Crippen molar-refractivity contribution in [1.82, 2.24) is 14.5 Å². The first-order valence-electron chi connectivity index (χ1n) is 9.97. The highest BCUT2D eigenvalue weighted by Crippen LogP contribution is 2.23. The van der Waals surface area contributed by atoms with E-state index in [1.165, 1.54) is 18.2 Å². The van der Waals surface area contributed by atoms with Crippen LogP contribution in [0.1, 0.15) is 12.1 Å². The normalized spacial score (nSPS) is 16.3. The standard InChI is InChI=1S/C23H25ClN4O2/c1-26(2)21-9-11-27(15-21)19-5-7-20(8-6-19)28-12-10-22(13-23(28)29)30-16-18-4-3-17(24)14-25-18/h3-8,10,12-14,21H,9,11,15-16H2,1-2H3. The number of hydrogen-bond acceptors (Lipinski definition) is 5. The van der Waals surface area contributed by atoms with Gasteiger partial charge < -0.3 is 14.5 Å². The number of nitrogens with zero attached hydrogens (tertiary/aromatic N) is 4. The molecule has 1 aliphatic heterocycles. The predicted molar refractivity (Wildman–Crippen MR) is 120 cm³/mol. The van der Waals surface area contributed by atoms with Gasteiger partial charge in [-0.1, -0.05) is 11.6 Å². The van der Waals surface area contributed by atoms with E-state index in [0.717, 1.165) is 24.5 Å². The lowest BCUT2D eigenvalue weighted by atomic mass is 10.2. The lowest BCUT2D eigenvalue weighted by molar-refractivity contribution is 0.300. The monoisotopic (exact) mass is 424 g/mol. The third-order valence-electron chi connectivity index (χ3n) is 5.45. The van der Waals surface area contributed by atoms with Gasteiger partial charge in [0, 0.05) is 49.0 Å². The van der Waals surface area contributed by atoms with Crippen LogP contribution in [-0.4, -0.2) is 47.7 Å². The molecule has 0 bridgehead atoms. The molecular formula is C23H25ClN4O2. The fourth-order valence-corrected chi connectivity index (χ4v) is 3.75. The van der Waals surface area contributed by atoms with Gasteiger partial charge in [-0.15, -0.1) is 0 Å². The Morgan fingerprint density at radius 1 is 1.13 bits per heavy atom. The Morgan fingerprint density at radius 2 is 1.90 bits per heavy atom. The average Bonchev–Trinajstić information content (AvgIpc) is 3.24. The zero-order valence-electron chi connectivity index (χ0n) is 17.2. The summed E-state index contributed by atoms with van der Waals surface area (Å²) in [7, 11) is 4.26. The molecule has 1 atom stereocenters. The highest BCUT2D eigenvalue weighted by atomic mass is 35.5. The van der Waals surface area contributed by atoms with Crippen LogP contribution in [0.2, 0.25) is 5.02 Å². The Labute approximate surface area is 181 Å². The third kappa shape index (κ3) is 4.66. The summed E-state index contributed by atoms with van der Waals surface area (Å²) in [4.78, 5) is 21.4. The molecule has 4 rings (SSSR count). The Hall–Kier alpha value is -2.83. The van der Waals surface area contributed by atoms with Crippen molar-refractivity contribution in [2.24, 2.45) is 0 Å². The quantitative estimate of drug-likeness (QED) is 0.605. The van der Waals surface area contributed by atoms with Crippen molar-refractivity contribution in [1.29, 1.82) is 0 Å². The fourth-order valence-electron chi connectivity index (χ4n) is 3.63. The van der Waals surface area contributed by atoms with Gasteiger partial charge in [0.2, 0.25) is 0 Å². The number of halogens is 1. The molecule has 1 saturated heterocycles. The molecule has 1 aromatic carbocycles. The summed E-state index contributed by atoms with van der Waals surface area (Å²) in [5.41, 5.74) is 2.63. The van der Waals surface area contributed by atoms with E-state index in [9.17, 15) is 4.79 Å². The van der Waals surface area contributed by atoms with E-state index >= 15 is 0 Å². The maximum absolute atomic E-state index is 12.6. The van der Waals surface area contributed by atoms with Gasteiger partial charge in [0.15, 0.2) is 0 Å². The highest BCUT2D eigenvalue weighted by Gasteiger charge is 2.23. The summed E-state index contributed by atoms with van der Waals surface area (Å²) < 4.78 is 7.30. The van der Waals surface area contributed by atoms with Crippen LogP contribution >= 0.6 is 11.6 Å². The molecule has 0 aliphatic carbocycles. The van der Waals surface area contributed by atoms with Gasteiger partial charge in [-0.05, 0) is 63.0 Å². The van der Waals surface area contributed by atoms with Gasteiger partial charge in [0.1, 0.15) is 12.4 Å². The van der Waals surface area contributed by atoms with Crippen molar-refractivity contribution in [3.8, 4) is 11.4 Å². The van der Waals surface area contributed by atoms with Gasteiger partial charge in [0.05, 0.1) is 10.7 Å². The van der Waals surface area contributed by atoms with Crippen LogP contribution in [0.15, 0.2) is 65.7 Å². The molecule has 156 valence electrons. The molecule has 1 unspecified atom stereocenters. The molecule has 3 heterocycles. The second kappa shape index (κ2) is 8.90. The molecule has 30 heavy (non-hydrogen) atoms. The number of pyridine rings is 2. The van der Waals surface area contributed by atoms with Crippen LogP contribution in [0.5, 0.6) is 5.75 Å². The maximum Gasteiger partial charge on any atom is 0.258 e. The fraction of sp³-hybridized carbons (Fsp3) is 0.304. The Kier molecular flexibility index (Phi) is 6.06. The van der Waals surface area contributed by atoms with Gasteiger partial charge >= 0.3 is 0 Å². The summed E-state index contributed by atoms with van der Waals surface area (Å²) in [5, 5.41) is 0.578. The van der Waals surface area contributed by atoms with Crippen LogP contribution in [0.25, 0.3) is 5.69 Å². The molecule has 2 aromatic heterocycles. The average molecular weight is 425 g/mol. The van der Waals surface area contributed by atoms with E-state index in [-0.39, 0.29) is 12.2 Å². The second-order valence-corrected chi connectivity index (χ2v) is 8.13. The van der Waals surface area contributed by atoms with Gasteiger partial charge in [-0.25, -0.2) is 0 Å². The lowest BCUT2D eigenvalue weighted by Crippen LogP contribution is -2.31. The van der Waals surface area contributed by atoms with E-state index < -0.39 is 0 Å². The van der Waals surface area contributed by atoms with E-state index in [1.54, 1.807) is 35.2 Å². The van der Waals surface area contributed by atoms with Crippen molar-refractivity contribution in [2.75, 3.05) is 32.1 Å². The van der Waals surface area contributed by atoms with Gasteiger partial charge in [-0.2, -0.15) is 0 Å². The third-order valence-corrected chi connectivity index (χ3v) is 5.68. The Morgan fingerprint density at radius 3 is 2.53 bits per heavy atom. The molecule has 1 fully saturated rings. The van der Waals surface area contributed by atoms with Gasteiger partial charge in [-0.3, -0.25) is 14.3 Å². The van der Waals surface area contributed by atoms with Crippen molar-refractivity contribution < 1.29 is 4.74 Å². The SMILES string of the molecule is CN(C)C1CCN(c2ccc(-n3ccc(OCc4ccc(Cl)cn4)cc3=O)cc2)C1. The van der Waals surface area contributed by atoms with Crippen LogP contribution in [0, 0.1) is 0 Å². The largest absolute Gasteiger partial charge is 0.487 e. The molecular weight excluding hydrogens is 400 g/mol. The van der Waals surface area contributed by atoms with Crippen molar-refractivity contribution >= 4 is 17.3 Å². The van der Waals surface area contributed by atoms with Gasteiger partial charge in [0.25, 0.3) is 5.56 Å². The molecule has 0 N–H and O–H groups in total. The molecule has 0 spiro atoms. The smallest absolute Gasteiger partial charge is 0.258 e. The van der Waals surface area contributed by atoms with E-state index in [2.05, 4.69) is 41.0 Å². The topological polar surface area (TPSA) is 50.6 Å². The minimum absolute atomic E-state index is 0.141. The molecule has 0 radical (unpaired) electrons. The molecule has 6 nitrogen and oxygen atoms in total. The molecule has 0 saturated carbocycles. The van der Waals surface area contributed by atoms with E-state index in [0.29, 0.717) is 16.8 Å². The number of aromatic nitrogens is 2. The van der Waals surface area contributed by atoms with E-state index in [4.69, 9.17) is 16.3 Å². The molecule has 7 heteroatoms. The highest BCUT2D eigenvalue weighted by molar-refractivity contribution is 6.30. The first-order chi connectivity index (χ1) is 14.5. The van der Waals surface area contributed by atoms with E-state index in [1.807, 2.05) is 12.1 Å². The van der Waals surface area contributed by atoms with Crippen molar-refractivity contribution in [2.45, 2.75) is 19.1 Å². The summed E-state index contributed by atoms with van der Waals surface area (Å²) >= 11 is 5.84. The zero-order chi connectivity index (χ0) is 21.1. The first-order valence-corrected chi connectivity index (χ1v) is 10.3. The Bertz CT molecular complexity index is 1050. The number of ether oxygens (including phenoxy) is 1. The number of benzene rings is 1. The predicted octanol–water partition coefficient (Wildman–Crippen LogP) is 3.61. The summed E-state index contributed by atoms with van der Waals surface area (Å²) in [6, 6.07) is 15.6. The van der Waals surface area contributed by atoms with Crippen LogP contribution in [-0.2, 0) is 6.61 Å². The zero-order valence-corrected chi connectivity index (χ0v) is 17.9. The number of likely N-dealkylation sites (N-methyl/N-ethyl adjacent to an activating group) is 1. The summed E-state index contributed by atoms with van der Waals surface area (Å²) in [6.45, 7) is 2.36. The summed E-state index contributed by atoms with van der Waals surface area (Å²) in [6.07, 6.45) is 4.48. The molecule has 1 aliphatic rings. The van der Waals surface area contributed by atoms with Crippen LogP contribution in [0.4, 0.5) is 5.69 Å². The first kappa shape index (κ1) is 20.4. The number of rotatable bonds is 6. The van der Waals surface area contributed by atoms with Crippen LogP contribution in [0.3, 0.4) is 0 Å².